The molecule has 0 radical (unpaired) electrons. The Morgan fingerprint density at radius 3 is 2.68 bits per heavy atom. The molecule has 0 spiro atoms. The topological polar surface area (TPSA) is 78.0 Å². The van der Waals surface area contributed by atoms with Crippen LogP contribution in [0.25, 0.3) is 11.0 Å². The summed E-state index contributed by atoms with van der Waals surface area (Å²) >= 11 is 6.05. The van der Waals surface area contributed by atoms with E-state index < -0.39 is 10.0 Å². The van der Waals surface area contributed by atoms with Gasteiger partial charge in [-0.2, -0.15) is 0 Å². The molecule has 7 heteroatoms. The quantitative estimate of drug-likeness (QED) is 0.794. The minimum Gasteiger partial charge on any atom is -0.330 e. The molecule has 0 bridgehead atoms. The third-order valence-electron chi connectivity index (χ3n) is 3.39. The van der Waals surface area contributed by atoms with Crippen LogP contribution in [0.15, 0.2) is 53.7 Å². The molecule has 5 nitrogen and oxygen atoms in total. The first kappa shape index (κ1) is 15.0. The van der Waals surface area contributed by atoms with Gasteiger partial charge in [-0.3, -0.25) is 4.98 Å². The molecule has 0 saturated heterocycles. The van der Waals surface area contributed by atoms with Gasteiger partial charge < -0.3 is 5.73 Å². The lowest BCUT2D eigenvalue weighted by molar-refractivity contribution is 0.589. The minimum atomic E-state index is -3.79. The molecule has 2 heterocycles. The molecule has 114 valence electrons. The number of hydrogen-bond acceptors (Lipinski definition) is 4. The minimum absolute atomic E-state index is 0.0664. The second-order valence-electron chi connectivity index (χ2n) is 4.80. The van der Waals surface area contributed by atoms with Gasteiger partial charge in [-0.25, -0.2) is 12.4 Å². The number of hydrogen-bond donors (Lipinski definition) is 1. The fourth-order valence-corrected chi connectivity index (χ4v) is 4.27. The van der Waals surface area contributed by atoms with E-state index in [0.29, 0.717) is 24.0 Å². The average molecular weight is 336 g/mol. The smallest absolute Gasteiger partial charge is 0.269 e. The molecule has 0 aliphatic carbocycles. The Kier molecular flexibility index (Phi) is 3.90. The van der Waals surface area contributed by atoms with Crippen LogP contribution in [0.2, 0.25) is 5.02 Å². The number of halogens is 1. The summed E-state index contributed by atoms with van der Waals surface area (Å²) in [5.41, 5.74) is 7.56. The van der Waals surface area contributed by atoms with Gasteiger partial charge in [-0.05, 0) is 42.8 Å². The maximum atomic E-state index is 12.9. The summed E-state index contributed by atoms with van der Waals surface area (Å²) in [6, 6.07) is 9.80. The van der Waals surface area contributed by atoms with E-state index in [0.717, 1.165) is 5.56 Å². The first-order valence-corrected chi connectivity index (χ1v) is 8.52. The van der Waals surface area contributed by atoms with Crippen molar-refractivity contribution in [2.24, 2.45) is 5.73 Å². The Bertz CT molecular complexity index is 935. The summed E-state index contributed by atoms with van der Waals surface area (Å²) in [5, 5.41) is 0.189. The van der Waals surface area contributed by atoms with E-state index in [1.54, 1.807) is 42.7 Å². The van der Waals surface area contributed by atoms with Crippen molar-refractivity contribution in [1.82, 2.24) is 8.96 Å². The van der Waals surface area contributed by atoms with Crippen LogP contribution in [0.3, 0.4) is 0 Å². The van der Waals surface area contributed by atoms with Crippen LogP contribution >= 0.6 is 11.6 Å². The Morgan fingerprint density at radius 2 is 1.95 bits per heavy atom. The number of aromatic nitrogens is 2. The molecule has 2 aromatic heterocycles. The lowest BCUT2D eigenvalue weighted by Gasteiger charge is -2.08. The maximum Gasteiger partial charge on any atom is 0.269 e. The zero-order valence-electron chi connectivity index (χ0n) is 11.6. The number of rotatable bonds is 4. The molecule has 22 heavy (non-hydrogen) atoms. The molecule has 0 atom stereocenters. The highest BCUT2D eigenvalue weighted by Crippen LogP contribution is 2.28. The fraction of sp³-hybridized carbons (Fsp3) is 0.133. The number of pyridine rings is 1. The number of nitrogens with two attached hydrogens (primary N) is 1. The van der Waals surface area contributed by atoms with Gasteiger partial charge in [-0.1, -0.05) is 23.7 Å². The van der Waals surface area contributed by atoms with E-state index in [-0.39, 0.29) is 9.92 Å². The number of fused-ring (bicyclic) bond motifs is 1. The Morgan fingerprint density at radius 1 is 1.18 bits per heavy atom. The van der Waals surface area contributed by atoms with Crippen LogP contribution < -0.4 is 5.73 Å². The van der Waals surface area contributed by atoms with Crippen molar-refractivity contribution < 1.29 is 8.42 Å². The normalized spacial score (nSPS) is 11.9. The second kappa shape index (κ2) is 5.72. The second-order valence-corrected chi connectivity index (χ2v) is 6.99. The molecule has 0 aliphatic heterocycles. The SMILES string of the molecule is NCCc1cn(S(=O)(=O)c2ccccc2Cl)c2cccnc12. The summed E-state index contributed by atoms with van der Waals surface area (Å²) in [6.07, 6.45) is 3.76. The van der Waals surface area contributed by atoms with Crippen molar-refractivity contribution in [3.8, 4) is 0 Å². The molecule has 0 fully saturated rings. The lowest BCUT2D eigenvalue weighted by atomic mass is 10.2. The predicted molar refractivity (Wildman–Crippen MR) is 86.5 cm³/mol. The monoisotopic (exact) mass is 335 g/mol. The van der Waals surface area contributed by atoms with Crippen LogP contribution in [-0.2, 0) is 16.4 Å². The van der Waals surface area contributed by atoms with Crippen molar-refractivity contribution in [1.29, 1.82) is 0 Å². The van der Waals surface area contributed by atoms with Crippen molar-refractivity contribution in [2.45, 2.75) is 11.3 Å². The van der Waals surface area contributed by atoms with E-state index in [1.165, 1.54) is 10.0 Å². The molecule has 1 aromatic carbocycles. The molecule has 0 unspecified atom stereocenters. The summed E-state index contributed by atoms with van der Waals surface area (Å²) < 4.78 is 27.0. The Balaban J connectivity index is 2.28. The molecule has 2 N–H and O–H groups in total. The van der Waals surface area contributed by atoms with Gasteiger partial charge >= 0.3 is 0 Å². The van der Waals surface area contributed by atoms with Crippen LogP contribution in [0.1, 0.15) is 5.56 Å². The summed E-state index contributed by atoms with van der Waals surface area (Å²) in [6.45, 7) is 0.418. The molecule has 3 aromatic rings. The van der Waals surface area contributed by atoms with Crippen molar-refractivity contribution in [3.63, 3.8) is 0 Å². The molecule has 0 amide bonds. The van der Waals surface area contributed by atoms with Crippen molar-refractivity contribution >= 4 is 32.7 Å². The zero-order chi connectivity index (χ0) is 15.7. The van der Waals surface area contributed by atoms with E-state index in [2.05, 4.69) is 4.98 Å². The van der Waals surface area contributed by atoms with Gasteiger partial charge in [0.15, 0.2) is 0 Å². The van der Waals surface area contributed by atoms with E-state index in [1.807, 2.05) is 0 Å². The number of nitrogens with zero attached hydrogens (tertiary/aromatic N) is 2. The lowest BCUT2D eigenvalue weighted by Crippen LogP contribution is -2.12. The van der Waals surface area contributed by atoms with Crippen LogP contribution in [0.5, 0.6) is 0 Å². The van der Waals surface area contributed by atoms with Crippen LogP contribution in [-0.4, -0.2) is 23.9 Å². The third-order valence-corrected chi connectivity index (χ3v) is 5.56. The first-order chi connectivity index (χ1) is 10.6. The Labute approximate surface area is 133 Å². The van der Waals surface area contributed by atoms with Crippen LogP contribution in [0.4, 0.5) is 0 Å². The largest absolute Gasteiger partial charge is 0.330 e. The van der Waals surface area contributed by atoms with Gasteiger partial charge in [0.2, 0.25) is 0 Å². The molecule has 0 saturated carbocycles. The third kappa shape index (κ3) is 2.39. The first-order valence-electron chi connectivity index (χ1n) is 6.71. The van der Waals surface area contributed by atoms with E-state index in [9.17, 15) is 8.42 Å². The molecular formula is C15H14ClN3O2S. The highest BCUT2D eigenvalue weighted by Gasteiger charge is 2.23. The molecule has 0 aliphatic rings. The van der Waals surface area contributed by atoms with Gasteiger partial charge in [-0.15, -0.1) is 0 Å². The Hall–Kier alpha value is -1.89. The fourth-order valence-electron chi connectivity index (χ4n) is 2.39. The number of benzene rings is 1. The summed E-state index contributed by atoms with van der Waals surface area (Å²) in [4.78, 5) is 4.34. The molecule has 3 rings (SSSR count). The van der Waals surface area contributed by atoms with Crippen molar-refractivity contribution in [2.75, 3.05) is 6.54 Å². The van der Waals surface area contributed by atoms with E-state index in [4.69, 9.17) is 17.3 Å². The molecular weight excluding hydrogens is 322 g/mol. The van der Waals surface area contributed by atoms with Gasteiger partial charge in [0.25, 0.3) is 10.0 Å². The zero-order valence-corrected chi connectivity index (χ0v) is 13.2. The highest BCUT2D eigenvalue weighted by atomic mass is 35.5. The average Bonchev–Trinajstić information content (AvgIpc) is 2.88. The van der Waals surface area contributed by atoms with Gasteiger partial charge in [0.05, 0.1) is 16.1 Å². The van der Waals surface area contributed by atoms with E-state index >= 15 is 0 Å². The maximum absolute atomic E-state index is 12.9. The summed E-state index contributed by atoms with van der Waals surface area (Å²) in [5.74, 6) is 0. The van der Waals surface area contributed by atoms with Gasteiger partial charge in [0.1, 0.15) is 4.90 Å². The van der Waals surface area contributed by atoms with Gasteiger partial charge in [0, 0.05) is 12.4 Å². The van der Waals surface area contributed by atoms with Crippen molar-refractivity contribution in [3.05, 3.63) is 59.4 Å². The summed E-state index contributed by atoms with van der Waals surface area (Å²) in [7, 11) is -3.79. The highest BCUT2D eigenvalue weighted by molar-refractivity contribution is 7.90. The standard InChI is InChI=1S/C15H14ClN3O2S/c16-12-4-1-2-6-14(12)22(20,21)19-10-11(7-8-17)15-13(19)5-3-9-18-15/h1-6,9-10H,7-8,17H2. The predicted octanol–water partition coefficient (Wildman–Crippen LogP) is 2.43. The van der Waals surface area contributed by atoms with Crippen LogP contribution in [0, 0.1) is 0 Å².